The number of hydrogen-bond acceptors (Lipinski definition) is 0. The van der Waals surface area contributed by atoms with E-state index in [-0.39, 0.29) is 5.41 Å². The molecule has 2 aliphatic carbocycles. The lowest BCUT2D eigenvalue weighted by atomic mass is 9.61. The molecule has 0 radical (unpaired) electrons. The van der Waals surface area contributed by atoms with Crippen molar-refractivity contribution in [2.24, 2.45) is 0 Å². The van der Waals surface area contributed by atoms with Crippen molar-refractivity contribution in [3.05, 3.63) is 148 Å². The number of rotatable bonds is 7. The summed E-state index contributed by atoms with van der Waals surface area (Å²) in [6.45, 7) is 4.56. The molecule has 3 aromatic carbocycles. The Morgan fingerprint density at radius 3 is 1.79 bits per heavy atom. The number of benzene rings is 3. The third kappa shape index (κ3) is 3.55. The highest BCUT2D eigenvalue weighted by molar-refractivity contribution is 5.80. The van der Waals surface area contributed by atoms with E-state index in [1.807, 2.05) is 0 Å². The van der Waals surface area contributed by atoms with Crippen LogP contribution in [0.2, 0.25) is 0 Å². The molecule has 0 saturated heterocycles. The van der Waals surface area contributed by atoms with Gasteiger partial charge in [-0.2, -0.15) is 0 Å². The Hall–Kier alpha value is -3.38. The monoisotopic (exact) mass is 428 g/mol. The van der Waals surface area contributed by atoms with Gasteiger partial charge in [-0.3, -0.25) is 0 Å². The molecular formula is C33H32. The van der Waals surface area contributed by atoms with Gasteiger partial charge in [0.15, 0.2) is 0 Å². The van der Waals surface area contributed by atoms with Gasteiger partial charge in [0, 0.05) is 0 Å². The zero-order chi connectivity index (χ0) is 22.7. The highest BCUT2D eigenvalue weighted by atomic mass is 14.4. The molecule has 0 unspecified atom stereocenters. The van der Waals surface area contributed by atoms with Gasteiger partial charge in [0.05, 0.1) is 5.41 Å². The standard InChI is InChI=1S/C33H32/c1-3-25-15-13-22-29(25)30-21-11-12-23-32(30)33(27-17-7-5-8-18-27,28-19-9-6-10-20-28)31-24-14-16-26(31)4-2/h5-21,23H,3-4,22,24H2,1-2H3. The van der Waals surface area contributed by atoms with E-state index in [0.29, 0.717) is 0 Å². The molecule has 0 heteroatoms. The largest absolute Gasteiger partial charge is 0.0801 e. The van der Waals surface area contributed by atoms with Gasteiger partial charge in [-0.1, -0.05) is 123 Å². The number of allylic oxidation sites excluding steroid dienone is 8. The van der Waals surface area contributed by atoms with Gasteiger partial charge < -0.3 is 0 Å². The van der Waals surface area contributed by atoms with Crippen LogP contribution in [0.4, 0.5) is 0 Å². The summed E-state index contributed by atoms with van der Waals surface area (Å²) in [5.41, 5.74) is 11.1. The normalized spacial score (nSPS) is 15.7. The summed E-state index contributed by atoms with van der Waals surface area (Å²) in [6.07, 6.45) is 13.5. The third-order valence-corrected chi connectivity index (χ3v) is 7.34. The Morgan fingerprint density at radius 1 is 0.606 bits per heavy atom. The molecular weight excluding hydrogens is 396 g/mol. The molecule has 0 N–H and O–H groups in total. The predicted octanol–water partition coefficient (Wildman–Crippen LogP) is 8.81. The minimum atomic E-state index is -0.331. The van der Waals surface area contributed by atoms with Crippen molar-refractivity contribution < 1.29 is 0 Å². The van der Waals surface area contributed by atoms with Crippen molar-refractivity contribution in [3.63, 3.8) is 0 Å². The Balaban J connectivity index is 1.92. The molecule has 3 aromatic rings. The minimum absolute atomic E-state index is 0.331. The molecule has 0 fully saturated rings. The second kappa shape index (κ2) is 9.24. The Bertz CT molecular complexity index is 1210. The molecule has 33 heavy (non-hydrogen) atoms. The minimum Gasteiger partial charge on any atom is -0.0801 e. The first-order valence-corrected chi connectivity index (χ1v) is 12.3. The van der Waals surface area contributed by atoms with Crippen molar-refractivity contribution in [1.82, 2.24) is 0 Å². The van der Waals surface area contributed by atoms with E-state index in [9.17, 15) is 0 Å². The summed E-state index contributed by atoms with van der Waals surface area (Å²) >= 11 is 0. The maximum Gasteiger partial charge on any atom is 0.0676 e. The molecule has 5 rings (SSSR count). The molecule has 0 amide bonds. The molecule has 164 valence electrons. The van der Waals surface area contributed by atoms with Gasteiger partial charge in [-0.15, -0.1) is 0 Å². The number of hydrogen-bond donors (Lipinski definition) is 0. The first-order valence-electron chi connectivity index (χ1n) is 12.3. The van der Waals surface area contributed by atoms with Crippen molar-refractivity contribution >= 4 is 5.57 Å². The second-order valence-corrected chi connectivity index (χ2v) is 8.96. The van der Waals surface area contributed by atoms with Gasteiger partial charge in [0.2, 0.25) is 0 Å². The smallest absolute Gasteiger partial charge is 0.0676 e. The van der Waals surface area contributed by atoms with E-state index in [1.54, 1.807) is 0 Å². The van der Waals surface area contributed by atoms with Crippen LogP contribution >= 0.6 is 0 Å². The third-order valence-electron chi connectivity index (χ3n) is 7.34. The van der Waals surface area contributed by atoms with Crippen LogP contribution in [0.5, 0.6) is 0 Å². The van der Waals surface area contributed by atoms with E-state index >= 15 is 0 Å². The van der Waals surface area contributed by atoms with Crippen LogP contribution in [0.15, 0.2) is 126 Å². The second-order valence-electron chi connectivity index (χ2n) is 8.96. The van der Waals surface area contributed by atoms with E-state index in [4.69, 9.17) is 0 Å². The van der Waals surface area contributed by atoms with Crippen molar-refractivity contribution in [2.45, 2.75) is 44.9 Å². The highest BCUT2D eigenvalue weighted by Crippen LogP contribution is 2.52. The van der Waals surface area contributed by atoms with Gasteiger partial charge >= 0.3 is 0 Å². The molecule has 0 heterocycles. The van der Waals surface area contributed by atoms with Crippen LogP contribution in [0.3, 0.4) is 0 Å². The van der Waals surface area contributed by atoms with E-state index in [2.05, 4.69) is 123 Å². The van der Waals surface area contributed by atoms with Crippen LogP contribution in [0.1, 0.15) is 61.8 Å². The maximum absolute atomic E-state index is 2.38. The van der Waals surface area contributed by atoms with Gasteiger partial charge in [0.25, 0.3) is 0 Å². The summed E-state index contributed by atoms with van der Waals surface area (Å²) in [5.74, 6) is 0. The summed E-state index contributed by atoms with van der Waals surface area (Å²) < 4.78 is 0. The molecule has 0 saturated carbocycles. The SMILES string of the molecule is CCC1=C(c2ccccc2C(C2=C(CC)C=CC2)(c2ccccc2)c2ccccc2)CC=C1. The quantitative estimate of drug-likeness (QED) is 0.330. The Labute approximate surface area is 198 Å². The van der Waals surface area contributed by atoms with Crippen LogP contribution in [-0.4, -0.2) is 0 Å². The Morgan fingerprint density at radius 2 is 1.15 bits per heavy atom. The van der Waals surface area contributed by atoms with Crippen LogP contribution in [0.25, 0.3) is 5.57 Å². The Kier molecular flexibility index (Phi) is 6.01. The van der Waals surface area contributed by atoms with E-state index < -0.39 is 0 Å². The van der Waals surface area contributed by atoms with Crippen molar-refractivity contribution in [3.8, 4) is 0 Å². The van der Waals surface area contributed by atoms with Gasteiger partial charge in [0.1, 0.15) is 0 Å². The molecule has 0 spiro atoms. The lowest BCUT2D eigenvalue weighted by Crippen LogP contribution is -2.33. The average molecular weight is 429 g/mol. The molecule has 0 nitrogen and oxygen atoms in total. The summed E-state index contributed by atoms with van der Waals surface area (Å²) in [7, 11) is 0. The molecule has 0 aliphatic heterocycles. The fourth-order valence-corrected chi connectivity index (χ4v) is 5.88. The summed E-state index contributed by atoms with van der Waals surface area (Å²) in [4.78, 5) is 0. The fraction of sp³-hybridized carbons (Fsp3) is 0.212. The summed E-state index contributed by atoms with van der Waals surface area (Å²) in [6, 6.07) is 31.5. The highest BCUT2D eigenvalue weighted by Gasteiger charge is 2.43. The molecule has 0 atom stereocenters. The molecule has 0 aromatic heterocycles. The van der Waals surface area contributed by atoms with Crippen LogP contribution < -0.4 is 0 Å². The topological polar surface area (TPSA) is 0 Å². The average Bonchev–Trinajstić information content (AvgIpc) is 3.56. The van der Waals surface area contributed by atoms with E-state index in [0.717, 1.165) is 25.7 Å². The van der Waals surface area contributed by atoms with Crippen LogP contribution in [0, 0.1) is 0 Å². The first kappa shape index (κ1) is 21.5. The zero-order valence-electron chi connectivity index (χ0n) is 19.7. The van der Waals surface area contributed by atoms with Gasteiger partial charge in [-0.25, -0.2) is 0 Å². The van der Waals surface area contributed by atoms with Crippen molar-refractivity contribution in [2.75, 3.05) is 0 Å². The molecule has 0 bridgehead atoms. The summed E-state index contributed by atoms with van der Waals surface area (Å²) in [5, 5.41) is 0. The van der Waals surface area contributed by atoms with E-state index in [1.165, 1.54) is 44.5 Å². The van der Waals surface area contributed by atoms with Crippen LogP contribution in [-0.2, 0) is 5.41 Å². The predicted molar refractivity (Wildman–Crippen MR) is 141 cm³/mol. The fourth-order valence-electron chi connectivity index (χ4n) is 5.88. The maximum atomic E-state index is 2.38. The van der Waals surface area contributed by atoms with Gasteiger partial charge in [-0.05, 0) is 70.2 Å². The first-order chi connectivity index (χ1) is 16.3. The zero-order valence-corrected chi connectivity index (χ0v) is 19.7. The lowest BCUT2D eigenvalue weighted by Gasteiger charge is -2.40. The molecule has 2 aliphatic rings. The van der Waals surface area contributed by atoms with Crippen molar-refractivity contribution in [1.29, 1.82) is 0 Å². The lowest BCUT2D eigenvalue weighted by molar-refractivity contribution is 0.698.